The van der Waals surface area contributed by atoms with Crippen molar-refractivity contribution in [3.63, 3.8) is 0 Å². The first-order valence-corrected chi connectivity index (χ1v) is 6.48. The fraction of sp³-hybridized carbons (Fsp3) is 0.333. The summed E-state index contributed by atoms with van der Waals surface area (Å²) in [6.45, 7) is 3.33. The van der Waals surface area contributed by atoms with Crippen LogP contribution < -0.4 is 4.90 Å². The summed E-state index contributed by atoms with van der Waals surface area (Å²) in [5.41, 5.74) is 1.06. The van der Waals surface area contributed by atoms with E-state index in [0.29, 0.717) is 0 Å². The number of thiazole rings is 1. The number of nitrogens with zero attached hydrogens (tertiary/aromatic N) is 3. The zero-order valence-electron chi connectivity index (χ0n) is 9.37. The fourth-order valence-electron chi connectivity index (χ4n) is 2.01. The van der Waals surface area contributed by atoms with Crippen molar-refractivity contribution in [2.45, 2.75) is 0 Å². The van der Waals surface area contributed by atoms with Gasteiger partial charge in [0.25, 0.3) is 0 Å². The lowest BCUT2D eigenvalue weighted by molar-refractivity contribution is -0.118. The molecule has 2 aromatic rings. The van der Waals surface area contributed by atoms with E-state index >= 15 is 0 Å². The molecule has 1 aliphatic heterocycles. The van der Waals surface area contributed by atoms with E-state index < -0.39 is 0 Å². The van der Waals surface area contributed by atoms with Gasteiger partial charge >= 0.3 is 0 Å². The van der Waals surface area contributed by atoms with Crippen molar-refractivity contribution >= 4 is 33.1 Å². The van der Waals surface area contributed by atoms with Crippen molar-refractivity contribution in [3.8, 4) is 0 Å². The highest BCUT2D eigenvalue weighted by atomic mass is 32.1. The molecule has 4 nitrogen and oxygen atoms in total. The SMILES string of the molecule is O=CN1CCN(c2nc3ccccc3s2)CC1. The molecule has 0 spiro atoms. The van der Waals surface area contributed by atoms with Gasteiger partial charge in [-0.2, -0.15) is 0 Å². The Balaban J connectivity index is 1.82. The van der Waals surface area contributed by atoms with Crippen LogP contribution in [0.15, 0.2) is 24.3 Å². The monoisotopic (exact) mass is 247 g/mol. The van der Waals surface area contributed by atoms with Gasteiger partial charge in [-0.15, -0.1) is 0 Å². The Kier molecular flexibility index (Phi) is 2.68. The van der Waals surface area contributed by atoms with E-state index in [-0.39, 0.29) is 0 Å². The van der Waals surface area contributed by atoms with Crippen molar-refractivity contribution in [1.29, 1.82) is 0 Å². The summed E-state index contributed by atoms with van der Waals surface area (Å²) in [4.78, 5) is 19.3. The smallest absolute Gasteiger partial charge is 0.209 e. The van der Waals surface area contributed by atoms with Crippen molar-refractivity contribution in [2.24, 2.45) is 0 Å². The molecule has 0 bridgehead atoms. The number of amides is 1. The van der Waals surface area contributed by atoms with Crippen molar-refractivity contribution in [2.75, 3.05) is 31.1 Å². The number of aromatic nitrogens is 1. The summed E-state index contributed by atoms with van der Waals surface area (Å²) in [5, 5.41) is 1.07. The van der Waals surface area contributed by atoms with Gasteiger partial charge in [-0.1, -0.05) is 23.5 Å². The van der Waals surface area contributed by atoms with Crippen LogP contribution in [0.3, 0.4) is 0 Å². The van der Waals surface area contributed by atoms with E-state index in [1.54, 1.807) is 11.3 Å². The topological polar surface area (TPSA) is 36.4 Å². The number of anilines is 1. The van der Waals surface area contributed by atoms with Gasteiger partial charge in [0.15, 0.2) is 5.13 Å². The summed E-state index contributed by atoms with van der Waals surface area (Å²) in [7, 11) is 0. The number of carbonyl (C=O) groups excluding carboxylic acids is 1. The van der Waals surface area contributed by atoms with Gasteiger partial charge in [0.1, 0.15) is 0 Å². The maximum atomic E-state index is 10.6. The number of piperazine rings is 1. The number of carbonyl (C=O) groups is 1. The van der Waals surface area contributed by atoms with Gasteiger partial charge in [-0.3, -0.25) is 4.79 Å². The second-order valence-corrected chi connectivity index (χ2v) is 5.10. The Hall–Kier alpha value is -1.62. The van der Waals surface area contributed by atoms with Crippen LogP contribution in [0.2, 0.25) is 0 Å². The van der Waals surface area contributed by atoms with Crippen LogP contribution >= 0.6 is 11.3 Å². The van der Waals surface area contributed by atoms with Gasteiger partial charge < -0.3 is 9.80 Å². The molecule has 1 aromatic carbocycles. The Morgan fingerprint density at radius 1 is 1.18 bits per heavy atom. The van der Waals surface area contributed by atoms with Gasteiger partial charge in [0.05, 0.1) is 10.2 Å². The molecule has 0 N–H and O–H groups in total. The lowest BCUT2D eigenvalue weighted by Crippen LogP contribution is -2.45. The number of benzene rings is 1. The van der Waals surface area contributed by atoms with Crippen molar-refractivity contribution in [3.05, 3.63) is 24.3 Å². The molecule has 1 fully saturated rings. The number of rotatable bonds is 2. The molecule has 0 unspecified atom stereocenters. The molecular formula is C12H13N3OS. The second kappa shape index (κ2) is 4.33. The zero-order chi connectivity index (χ0) is 11.7. The highest BCUT2D eigenvalue weighted by Crippen LogP contribution is 2.28. The Morgan fingerprint density at radius 2 is 1.94 bits per heavy atom. The first-order chi connectivity index (χ1) is 8.36. The minimum atomic E-state index is 0.791. The van der Waals surface area contributed by atoms with Gasteiger partial charge in [0, 0.05) is 26.2 Å². The van der Waals surface area contributed by atoms with Crippen LogP contribution in [0.1, 0.15) is 0 Å². The van der Waals surface area contributed by atoms with E-state index in [1.165, 1.54) is 4.70 Å². The van der Waals surface area contributed by atoms with Crippen molar-refractivity contribution in [1.82, 2.24) is 9.88 Å². The predicted molar refractivity (Wildman–Crippen MR) is 69.5 cm³/mol. The third-order valence-electron chi connectivity index (χ3n) is 3.02. The minimum Gasteiger partial charge on any atom is -0.345 e. The average molecular weight is 247 g/mol. The zero-order valence-corrected chi connectivity index (χ0v) is 10.2. The molecule has 5 heteroatoms. The molecule has 1 saturated heterocycles. The molecule has 2 heterocycles. The summed E-state index contributed by atoms with van der Waals surface area (Å²) in [5.74, 6) is 0. The van der Waals surface area contributed by atoms with Gasteiger partial charge in [-0.25, -0.2) is 4.98 Å². The number of hydrogen-bond donors (Lipinski definition) is 0. The summed E-state index contributed by atoms with van der Waals surface area (Å²) < 4.78 is 1.22. The maximum Gasteiger partial charge on any atom is 0.209 e. The molecule has 0 radical (unpaired) electrons. The first-order valence-electron chi connectivity index (χ1n) is 5.67. The normalized spacial score (nSPS) is 16.5. The molecule has 3 rings (SSSR count). The van der Waals surface area contributed by atoms with E-state index in [4.69, 9.17) is 0 Å². The Morgan fingerprint density at radius 3 is 2.65 bits per heavy atom. The summed E-state index contributed by atoms with van der Waals surface area (Å²) in [6, 6.07) is 8.18. The maximum absolute atomic E-state index is 10.6. The molecular weight excluding hydrogens is 234 g/mol. The fourth-order valence-corrected chi connectivity index (χ4v) is 3.03. The largest absolute Gasteiger partial charge is 0.345 e. The summed E-state index contributed by atoms with van der Waals surface area (Å²) >= 11 is 1.72. The van der Waals surface area contributed by atoms with Crippen LogP contribution in [0, 0.1) is 0 Å². The number of fused-ring (bicyclic) bond motifs is 1. The van der Waals surface area contributed by atoms with Gasteiger partial charge in [0.2, 0.25) is 6.41 Å². The van der Waals surface area contributed by atoms with E-state index in [2.05, 4.69) is 16.0 Å². The van der Waals surface area contributed by atoms with Crippen LogP contribution in [-0.2, 0) is 4.79 Å². The molecule has 1 aromatic heterocycles. The predicted octanol–water partition coefficient (Wildman–Crippen LogP) is 1.57. The molecule has 88 valence electrons. The first kappa shape index (κ1) is 10.5. The highest BCUT2D eigenvalue weighted by Gasteiger charge is 2.18. The minimum absolute atomic E-state index is 0.791. The molecule has 0 aliphatic carbocycles. The van der Waals surface area contributed by atoms with Crippen LogP contribution in [0.5, 0.6) is 0 Å². The Bertz CT molecular complexity index is 498. The van der Waals surface area contributed by atoms with E-state index in [9.17, 15) is 4.79 Å². The Labute approximate surface area is 103 Å². The third-order valence-corrected chi connectivity index (χ3v) is 4.11. The number of hydrogen-bond acceptors (Lipinski definition) is 4. The third kappa shape index (κ3) is 1.98. The van der Waals surface area contributed by atoms with Crippen LogP contribution in [-0.4, -0.2) is 42.5 Å². The highest BCUT2D eigenvalue weighted by molar-refractivity contribution is 7.22. The van der Waals surface area contributed by atoms with Crippen LogP contribution in [0.25, 0.3) is 10.2 Å². The average Bonchev–Trinajstić information content (AvgIpc) is 2.82. The standard InChI is InChI=1S/C12H13N3OS/c16-9-14-5-7-15(8-6-14)12-13-10-3-1-2-4-11(10)17-12/h1-4,9H,5-8H2. The molecule has 1 amide bonds. The quantitative estimate of drug-likeness (QED) is 0.756. The summed E-state index contributed by atoms with van der Waals surface area (Å²) in [6.07, 6.45) is 0.926. The second-order valence-electron chi connectivity index (χ2n) is 4.09. The molecule has 0 atom stereocenters. The van der Waals surface area contributed by atoms with Gasteiger partial charge in [-0.05, 0) is 12.1 Å². The molecule has 17 heavy (non-hydrogen) atoms. The molecule has 1 aliphatic rings. The van der Waals surface area contributed by atoms with E-state index in [1.807, 2.05) is 23.1 Å². The number of para-hydroxylation sites is 1. The molecule has 0 saturated carbocycles. The lowest BCUT2D eigenvalue weighted by Gasteiger charge is -2.32. The van der Waals surface area contributed by atoms with Crippen LogP contribution in [0.4, 0.5) is 5.13 Å². The van der Waals surface area contributed by atoms with E-state index in [0.717, 1.165) is 43.2 Å². The van der Waals surface area contributed by atoms with Crippen molar-refractivity contribution < 1.29 is 4.79 Å². The lowest BCUT2D eigenvalue weighted by atomic mass is 10.3.